The average molecular weight is 754 g/mol. The Bertz CT molecular complexity index is 2490. The van der Waals surface area contributed by atoms with Gasteiger partial charge in [0.2, 0.25) is 0 Å². The Kier molecular flexibility index (Phi) is 10.0. The highest BCUT2D eigenvalue weighted by molar-refractivity contribution is 6.33. The smallest absolute Gasteiger partial charge is 0.259 e. The minimum atomic E-state index is -0.588. The number of nitrogens with one attached hydrogen (secondary N) is 2. The minimum absolute atomic E-state index is 0.0144. The number of halogens is 2. The molecule has 7 rings (SSSR count). The number of hydrogen-bond acceptors (Lipinski definition) is 8. The fraction of sp³-hybridized carbons (Fsp3) is 0.0476. The van der Waals surface area contributed by atoms with Gasteiger partial charge in [-0.25, -0.2) is 0 Å². The first-order chi connectivity index (χ1) is 26.0. The van der Waals surface area contributed by atoms with Crippen LogP contribution in [0.25, 0.3) is 21.5 Å². The highest BCUT2D eigenvalue weighted by atomic mass is 35.5. The van der Waals surface area contributed by atoms with Crippen molar-refractivity contribution >= 4 is 90.7 Å². The summed E-state index contributed by atoms with van der Waals surface area (Å²) in [6.07, 6.45) is 0. The summed E-state index contributed by atoms with van der Waals surface area (Å²) in [5, 5.41) is 48.6. The second kappa shape index (κ2) is 15.2. The standard InChI is InChI=1S/C42H30Cl2N6O4/c1-23-11-17-35(33(43)19-23)47-49-37-29-9-5-3-7-25(29)21-31(39(37)51)41(53)45-27-13-15-28(16-14-27)46-42(54)32-22-26-8-4-6-10-30(26)38(40(32)52)50-48-36-18-12-24(2)20-34(36)44/h3-22,51-52H,1-2H3,(H,45,53)(H,46,54). The van der Waals surface area contributed by atoms with Gasteiger partial charge in [-0.05, 0) is 96.4 Å². The summed E-state index contributed by atoms with van der Waals surface area (Å²) in [6.45, 7) is 3.82. The monoisotopic (exact) mass is 752 g/mol. The van der Waals surface area contributed by atoms with Gasteiger partial charge in [0, 0.05) is 22.1 Å². The summed E-state index contributed by atoms with van der Waals surface area (Å²) >= 11 is 12.7. The van der Waals surface area contributed by atoms with E-state index in [4.69, 9.17) is 23.2 Å². The van der Waals surface area contributed by atoms with Crippen LogP contribution in [-0.2, 0) is 0 Å². The Labute approximate surface area is 319 Å². The second-order valence-electron chi connectivity index (χ2n) is 12.5. The molecule has 0 unspecified atom stereocenters. The zero-order valence-corrected chi connectivity index (χ0v) is 30.3. The lowest BCUT2D eigenvalue weighted by Crippen LogP contribution is -2.13. The predicted octanol–water partition coefficient (Wildman–Crippen LogP) is 12.7. The number of aryl methyl sites for hydroxylation is 2. The molecule has 266 valence electrons. The Morgan fingerprint density at radius 3 is 1.30 bits per heavy atom. The fourth-order valence-corrected chi connectivity index (χ4v) is 6.36. The maximum atomic E-state index is 13.5. The molecule has 0 spiro atoms. The van der Waals surface area contributed by atoms with Gasteiger partial charge in [-0.2, -0.15) is 0 Å². The third kappa shape index (κ3) is 7.47. The zero-order chi connectivity index (χ0) is 37.9. The first-order valence-corrected chi connectivity index (χ1v) is 17.4. The highest BCUT2D eigenvalue weighted by Crippen LogP contribution is 2.42. The molecule has 0 aromatic heterocycles. The first kappa shape index (κ1) is 35.8. The van der Waals surface area contributed by atoms with Gasteiger partial charge in [0.05, 0.1) is 21.2 Å². The summed E-state index contributed by atoms with van der Waals surface area (Å²) in [5.41, 5.74) is 3.75. The molecular weight excluding hydrogens is 723 g/mol. The van der Waals surface area contributed by atoms with E-state index in [0.29, 0.717) is 54.3 Å². The summed E-state index contributed by atoms with van der Waals surface area (Å²) in [4.78, 5) is 27.0. The zero-order valence-electron chi connectivity index (χ0n) is 28.8. The molecule has 54 heavy (non-hydrogen) atoms. The average Bonchev–Trinajstić information content (AvgIpc) is 3.15. The fourth-order valence-electron chi connectivity index (χ4n) is 5.81. The molecular formula is C42H30Cl2N6O4. The van der Waals surface area contributed by atoms with Crippen molar-refractivity contribution < 1.29 is 19.8 Å². The third-order valence-electron chi connectivity index (χ3n) is 8.60. The number of nitrogens with zero attached hydrogens (tertiary/aromatic N) is 4. The number of hydrogen-bond donors (Lipinski definition) is 4. The summed E-state index contributed by atoms with van der Waals surface area (Å²) < 4.78 is 0. The van der Waals surface area contributed by atoms with E-state index in [-0.39, 0.29) is 34.0 Å². The van der Waals surface area contributed by atoms with Crippen LogP contribution in [-0.4, -0.2) is 22.0 Å². The van der Waals surface area contributed by atoms with Crippen molar-refractivity contribution in [3.8, 4) is 11.5 Å². The predicted molar refractivity (Wildman–Crippen MR) is 214 cm³/mol. The Morgan fingerprint density at radius 2 is 0.907 bits per heavy atom. The van der Waals surface area contributed by atoms with Crippen LogP contribution in [0.3, 0.4) is 0 Å². The van der Waals surface area contributed by atoms with Crippen molar-refractivity contribution in [1.29, 1.82) is 0 Å². The lowest BCUT2D eigenvalue weighted by Gasteiger charge is -2.13. The molecule has 0 saturated heterocycles. The van der Waals surface area contributed by atoms with Gasteiger partial charge in [-0.15, -0.1) is 20.5 Å². The largest absolute Gasteiger partial charge is 0.505 e. The van der Waals surface area contributed by atoms with Crippen molar-refractivity contribution in [1.82, 2.24) is 0 Å². The topological polar surface area (TPSA) is 148 Å². The van der Waals surface area contributed by atoms with Crippen LogP contribution in [0.5, 0.6) is 11.5 Å². The molecule has 4 N–H and O–H groups in total. The number of phenolic OH excluding ortho intramolecular Hbond substituents is 2. The van der Waals surface area contributed by atoms with Crippen LogP contribution >= 0.6 is 23.2 Å². The number of fused-ring (bicyclic) bond motifs is 2. The van der Waals surface area contributed by atoms with E-state index < -0.39 is 11.8 Å². The molecule has 10 nitrogen and oxygen atoms in total. The molecule has 0 saturated carbocycles. The first-order valence-electron chi connectivity index (χ1n) is 16.6. The van der Waals surface area contributed by atoms with E-state index in [2.05, 4.69) is 31.1 Å². The van der Waals surface area contributed by atoms with Crippen LogP contribution in [0.1, 0.15) is 31.8 Å². The minimum Gasteiger partial charge on any atom is -0.505 e. The molecule has 0 heterocycles. The summed E-state index contributed by atoms with van der Waals surface area (Å²) in [7, 11) is 0. The maximum Gasteiger partial charge on any atom is 0.259 e. The van der Waals surface area contributed by atoms with Gasteiger partial charge < -0.3 is 20.8 Å². The van der Waals surface area contributed by atoms with Gasteiger partial charge in [0.15, 0.2) is 11.5 Å². The number of phenols is 2. The lowest BCUT2D eigenvalue weighted by atomic mass is 10.0. The van der Waals surface area contributed by atoms with Crippen molar-refractivity contribution in [3.05, 3.63) is 154 Å². The molecule has 0 radical (unpaired) electrons. The number of amides is 2. The van der Waals surface area contributed by atoms with E-state index in [1.54, 1.807) is 97.1 Å². The quantitative estimate of drug-likeness (QED) is 0.114. The maximum absolute atomic E-state index is 13.5. The molecule has 7 aromatic rings. The third-order valence-corrected chi connectivity index (χ3v) is 9.21. The van der Waals surface area contributed by atoms with Gasteiger partial charge in [0.25, 0.3) is 11.8 Å². The van der Waals surface area contributed by atoms with E-state index in [1.165, 1.54) is 0 Å². The Balaban J connectivity index is 1.11. The van der Waals surface area contributed by atoms with Crippen molar-refractivity contribution in [3.63, 3.8) is 0 Å². The van der Waals surface area contributed by atoms with Crippen LogP contribution in [0.4, 0.5) is 34.1 Å². The van der Waals surface area contributed by atoms with Crippen LogP contribution in [0.2, 0.25) is 10.0 Å². The molecule has 7 aromatic carbocycles. The van der Waals surface area contributed by atoms with E-state index in [9.17, 15) is 19.8 Å². The van der Waals surface area contributed by atoms with Crippen LogP contribution < -0.4 is 10.6 Å². The Hall–Kier alpha value is -6.62. The number of aromatic hydroxyl groups is 2. The molecule has 2 amide bonds. The molecule has 0 aliphatic carbocycles. The van der Waals surface area contributed by atoms with Gasteiger partial charge in [0.1, 0.15) is 22.7 Å². The van der Waals surface area contributed by atoms with Crippen molar-refractivity contribution in [2.24, 2.45) is 20.5 Å². The van der Waals surface area contributed by atoms with E-state index >= 15 is 0 Å². The number of benzene rings is 7. The normalized spacial score (nSPS) is 11.5. The number of anilines is 2. The summed E-state index contributed by atoms with van der Waals surface area (Å²) in [5.74, 6) is -1.87. The van der Waals surface area contributed by atoms with Gasteiger partial charge in [-0.3, -0.25) is 9.59 Å². The van der Waals surface area contributed by atoms with Crippen LogP contribution in [0, 0.1) is 13.8 Å². The summed E-state index contributed by atoms with van der Waals surface area (Å²) in [6, 6.07) is 34.6. The molecule has 0 atom stereocenters. The van der Waals surface area contributed by atoms with E-state index in [0.717, 1.165) is 11.1 Å². The number of carbonyl (C=O) groups excluding carboxylic acids is 2. The Morgan fingerprint density at radius 1 is 0.519 bits per heavy atom. The molecule has 12 heteroatoms. The number of rotatable bonds is 8. The van der Waals surface area contributed by atoms with Crippen molar-refractivity contribution in [2.45, 2.75) is 13.8 Å². The molecule has 0 fully saturated rings. The number of azo groups is 2. The van der Waals surface area contributed by atoms with E-state index in [1.807, 2.05) is 38.1 Å². The SMILES string of the molecule is Cc1ccc(N=Nc2c(O)c(C(=O)Nc3ccc(NC(=O)c4cc5ccccc5c(N=Nc5ccc(C)cc5Cl)c4O)cc3)cc3ccccc23)c(Cl)c1. The van der Waals surface area contributed by atoms with Crippen LogP contribution in [0.15, 0.2) is 142 Å². The lowest BCUT2D eigenvalue weighted by molar-refractivity contribution is 0.101. The molecule has 0 bridgehead atoms. The molecule has 0 aliphatic heterocycles. The van der Waals surface area contributed by atoms with Gasteiger partial charge >= 0.3 is 0 Å². The number of carbonyl (C=O) groups is 2. The molecule has 0 aliphatic rings. The second-order valence-corrected chi connectivity index (χ2v) is 13.3. The van der Waals surface area contributed by atoms with Gasteiger partial charge in [-0.1, -0.05) is 83.9 Å². The highest BCUT2D eigenvalue weighted by Gasteiger charge is 2.21. The van der Waals surface area contributed by atoms with Crippen molar-refractivity contribution in [2.75, 3.05) is 10.6 Å².